The number of esters is 1. The Morgan fingerprint density at radius 3 is 1.58 bits per heavy atom. The quantitative estimate of drug-likeness (QED) is 0.0237. The number of carbonyl (C=O) groups excluding carboxylic acids is 1. The van der Waals surface area contributed by atoms with Crippen LogP contribution in [0, 0.1) is 0 Å². The molecule has 0 aliphatic heterocycles. The fourth-order valence-corrected chi connectivity index (χ4v) is 6.63. The van der Waals surface area contributed by atoms with Crippen molar-refractivity contribution in [1.29, 1.82) is 0 Å². The largest absolute Gasteiger partial charge is 0.480 e. The molecule has 0 aliphatic rings. The molecular weight excluding hydrogens is 693 g/mol. The van der Waals surface area contributed by atoms with Crippen LogP contribution in [-0.4, -0.2) is 60.5 Å². The maximum absolute atomic E-state index is 12.6. The topological polar surface area (TPSA) is 155 Å². The van der Waals surface area contributed by atoms with E-state index >= 15 is 0 Å². The number of phosphoric ester groups is 1. The van der Waals surface area contributed by atoms with Gasteiger partial charge in [-0.3, -0.25) is 18.6 Å². The van der Waals surface area contributed by atoms with E-state index in [4.69, 9.17) is 29.4 Å². The van der Waals surface area contributed by atoms with E-state index in [1.54, 1.807) is 0 Å². The van der Waals surface area contributed by atoms with Crippen LogP contribution in [0.1, 0.15) is 194 Å². The van der Waals surface area contributed by atoms with Crippen molar-refractivity contribution in [3.05, 3.63) is 24.3 Å². The molecule has 10 nitrogen and oxygen atoms in total. The predicted molar refractivity (Wildman–Crippen MR) is 217 cm³/mol. The van der Waals surface area contributed by atoms with Crippen molar-refractivity contribution in [2.24, 2.45) is 5.73 Å². The van der Waals surface area contributed by atoms with Crippen molar-refractivity contribution in [2.45, 2.75) is 206 Å². The molecule has 0 rings (SSSR count). The fourth-order valence-electron chi connectivity index (χ4n) is 5.86. The molecule has 53 heavy (non-hydrogen) atoms. The molecule has 0 saturated carbocycles. The molecule has 0 saturated heterocycles. The first-order chi connectivity index (χ1) is 25.7. The Labute approximate surface area is 324 Å². The summed E-state index contributed by atoms with van der Waals surface area (Å²) in [6.07, 6.45) is 40.8. The summed E-state index contributed by atoms with van der Waals surface area (Å²) >= 11 is 0. The summed E-state index contributed by atoms with van der Waals surface area (Å²) in [4.78, 5) is 33.5. The van der Waals surface area contributed by atoms with Crippen molar-refractivity contribution < 1.29 is 42.7 Å². The normalized spacial score (nSPS) is 14.2. The lowest BCUT2D eigenvalue weighted by molar-refractivity contribution is -0.154. The predicted octanol–water partition coefficient (Wildman–Crippen LogP) is 11.5. The highest BCUT2D eigenvalue weighted by molar-refractivity contribution is 7.47. The number of aliphatic carboxylic acids is 1. The van der Waals surface area contributed by atoms with E-state index in [2.05, 4.69) is 38.2 Å². The van der Waals surface area contributed by atoms with Gasteiger partial charge in [-0.05, 0) is 38.5 Å². The van der Waals surface area contributed by atoms with E-state index in [-0.39, 0.29) is 13.0 Å². The van der Waals surface area contributed by atoms with Crippen molar-refractivity contribution in [2.75, 3.05) is 26.4 Å². The summed E-state index contributed by atoms with van der Waals surface area (Å²) in [6.45, 7) is 3.84. The molecule has 0 heterocycles. The van der Waals surface area contributed by atoms with Gasteiger partial charge < -0.3 is 25.2 Å². The minimum Gasteiger partial charge on any atom is -0.480 e. The average Bonchev–Trinajstić information content (AvgIpc) is 3.13. The Hall–Kier alpha value is -1.55. The van der Waals surface area contributed by atoms with Gasteiger partial charge in [0.1, 0.15) is 12.1 Å². The fraction of sp³-hybridized carbons (Fsp3) is 0.857. The molecule has 0 amide bonds. The minimum atomic E-state index is -4.61. The molecule has 3 atom stereocenters. The number of ether oxygens (including phenoxy) is 2. The van der Waals surface area contributed by atoms with Crippen molar-refractivity contribution in [3.8, 4) is 0 Å². The highest BCUT2D eigenvalue weighted by Crippen LogP contribution is 2.43. The van der Waals surface area contributed by atoms with Gasteiger partial charge in [0.2, 0.25) is 0 Å². The lowest BCUT2D eigenvalue weighted by atomic mass is 10.0. The molecule has 0 aromatic heterocycles. The average molecular weight is 774 g/mol. The Kier molecular flexibility index (Phi) is 37.6. The van der Waals surface area contributed by atoms with Gasteiger partial charge in [-0.1, -0.05) is 173 Å². The van der Waals surface area contributed by atoms with Gasteiger partial charge in [0.05, 0.1) is 19.8 Å². The zero-order valence-corrected chi connectivity index (χ0v) is 34.8. The van der Waals surface area contributed by atoms with Crippen LogP contribution in [0.25, 0.3) is 0 Å². The van der Waals surface area contributed by atoms with Gasteiger partial charge in [-0.2, -0.15) is 0 Å². The zero-order chi connectivity index (χ0) is 39.1. The number of allylic oxidation sites excluding steroid dienone is 4. The number of rotatable bonds is 41. The van der Waals surface area contributed by atoms with Gasteiger partial charge in [0.25, 0.3) is 0 Å². The minimum absolute atomic E-state index is 0.0134. The van der Waals surface area contributed by atoms with Crippen LogP contribution in [0.3, 0.4) is 0 Å². The highest BCUT2D eigenvalue weighted by Gasteiger charge is 2.27. The summed E-state index contributed by atoms with van der Waals surface area (Å²) < 4.78 is 33.3. The SMILES string of the molecule is CCCC/C=C\C/C=C\CCCCCCCCOCC(COP(=O)(O)OCC(N)C(=O)O)OC(=O)CCCCCCCCCCCCCCCCCC. The molecule has 0 fully saturated rings. The van der Waals surface area contributed by atoms with Gasteiger partial charge >= 0.3 is 19.8 Å². The van der Waals surface area contributed by atoms with E-state index < -0.39 is 45.1 Å². The Balaban J connectivity index is 4.24. The third-order valence-electron chi connectivity index (χ3n) is 9.23. The third-order valence-corrected chi connectivity index (χ3v) is 10.2. The molecule has 0 aromatic carbocycles. The zero-order valence-electron chi connectivity index (χ0n) is 33.9. The van der Waals surface area contributed by atoms with Crippen molar-refractivity contribution >= 4 is 19.8 Å². The molecule has 0 aromatic rings. The molecule has 11 heteroatoms. The number of carboxylic acid groups (broad SMARTS) is 1. The van der Waals surface area contributed by atoms with Crippen LogP contribution < -0.4 is 5.73 Å². The van der Waals surface area contributed by atoms with Crippen LogP contribution in [0.4, 0.5) is 0 Å². The number of carboxylic acids is 1. The molecule has 312 valence electrons. The van der Waals surface area contributed by atoms with Crippen LogP contribution in [0.2, 0.25) is 0 Å². The second-order valence-corrected chi connectivity index (χ2v) is 15.9. The number of unbranched alkanes of at least 4 members (excludes halogenated alkanes) is 23. The molecule has 4 N–H and O–H groups in total. The summed E-state index contributed by atoms with van der Waals surface area (Å²) in [5, 5.41) is 8.89. The van der Waals surface area contributed by atoms with Crippen LogP contribution >= 0.6 is 7.82 Å². The van der Waals surface area contributed by atoms with Crippen molar-refractivity contribution in [1.82, 2.24) is 0 Å². The summed E-state index contributed by atoms with van der Waals surface area (Å²) in [6, 6.07) is -1.47. The third kappa shape index (κ3) is 38.5. The first kappa shape index (κ1) is 51.5. The van der Waals surface area contributed by atoms with E-state index in [0.717, 1.165) is 44.9 Å². The van der Waals surface area contributed by atoms with Crippen LogP contribution in [0.15, 0.2) is 24.3 Å². The first-order valence-corrected chi connectivity index (χ1v) is 22.9. The van der Waals surface area contributed by atoms with E-state index in [0.29, 0.717) is 13.0 Å². The second kappa shape index (κ2) is 38.7. The molecule has 0 spiro atoms. The maximum Gasteiger partial charge on any atom is 0.472 e. The molecule has 0 radical (unpaired) electrons. The number of carbonyl (C=O) groups is 2. The van der Waals surface area contributed by atoms with Crippen molar-refractivity contribution in [3.63, 3.8) is 0 Å². The van der Waals surface area contributed by atoms with Crippen LogP contribution in [0.5, 0.6) is 0 Å². The molecule has 0 bridgehead atoms. The summed E-state index contributed by atoms with van der Waals surface area (Å²) in [5.74, 6) is -1.78. The standard InChI is InChI=1S/C42H80NO9P/c1-3-5-7-9-11-13-15-17-19-20-22-24-26-28-30-32-34-41(44)52-39(37-50-53(47,48)51-38-40(43)42(45)46)36-49-35-33-31-29-27-25-23-21-18-16-14-12-10-8-6-4-2/h10,12,16,18,39-40H,3-9,11,13-15,17,19-38,43H2,1-2H3,(H,45,46)(H,47,48)/b12-10-,18-16-. The lowest BCUT2D eigenvalue weighted by Crippen LogP contribution is -2.34. The second-order valence-electron chi connectivity index (χ2n) is 14.5. The summed E-state index contributed by atoms with van der Waals surface area (Å²) in [7, 11) is -4.61. The molecular formula is C42H80NO9P. The Bertz CT molecular complexity index is 946. The Morgan fingerprint density at radius 2 is 1.06 bits per heavy atom. The van der Waals surface area contributed by atoms with Gasteiger partial charge in [-0.15, -0.1) is 0 Å². The Morgan fingerprint density at radius 1 is 0.604 bits per heavy atom. The smallest absolute Gasteiger partial charge is 0.472 e. The highest BCUT2D eigenvalue weighted by atomic mass is 31.2. The monoisotopic (exact) mass is 774 g/mol. The maximum atomic E-state index is 12.6. The molecule has 3 unspecified atom stereocenters. The molecule has 0 aliphatic carbocycles. The number of hydrogen-bond donors (Lipinski definition) is 3. The number of phosphoric acid groups is 1. The summed E-state index contributed by atoms with van der Waals surface area (Å²) in [5.41, 5.74) is 5.35. The van der Waals surface area contributed by atoms with E-state index in [9.17, 15) is 19.0 Å². The first-order valence-electron chi connectivity index (χ1n) is 21.4. The van der Waals surface area contributed by atoms with E-state index in [1.807, 2.05) is 0 Å². The van der Waals surface area contributed by atoms with Gasteiger partial charge in [0, 0.05) is 13.0 Å². The lowest BCUT2D eigenvalue weighted by Gasteiger charge is -2.20. The number of hydrogen-bond acceptors (Lipinski definition) is 8. The van der Waals surface area contributed by atoms with Gasteiger partial charge in [0.15, 0.2) is 0 Å². The van der Waals surface area contributed by atoms with Crippen LogP contribution in [-0.2, 0) is 32.7 Å². The number of nitrogens with two attached hydrogens (primary N) is 1. The van der Waals surface area contributed by atoms with Gasteiger partial charge in [-0.25, -0.2) is 4.57 Å². The van der Waals surface area contributed by atoms with E-state index in [1.165, 1.54) is 122 Å².